The Morgan fingerprint density at radius 1 is 0.254 bits per heavy atom. The normalized spacial score (nSPS) is 14.4. The van der Waals surface area contributed by atoms with E-state index in [4.69, 9.17) is 4.74 Å². The Morgan fingerprint density at radius 2 is 0.687 bits per heavy atom. The van der Waals surface area contributed by atoms with Crippen LogP contribution in [0.25, 0.3) is 77.5 Å². The second-order valence-corrected chi connectivity index (χ2v) is 17.9. The van der Waals surface area contributed by atoms with Crippen molar-refractivity contribution < 1.29 is 4.74 Å². The van der Waals surface area contributed by atoms with Crippen molar-refractivity contribution in [3.8, 4) is 78.3 Å². The van der Waals surface area contributed by atoms with Gasteiger partial charge in [-0.2, -0.15) is 0 Å². The fraction of sp³-hybridized carbons (Fsp3) is 0.0154. The van der Waals surface area contributed by atoms with Crippen LogP contribution in [0, 0.1) is 0 Å². The summed E-state index contributed by atoms with van der Waals surface area (Å²) in [6, 6.07) is 91.7. The van der Waals surface area contributed by atoms with Crippen LogP contribution in [0.2, 0.25) is 0 Å². The lowest BCUT2D eigenvalue weighted by Crippen LogP contribution is -2.29. The number of anilines is 3. The number of hydrogen-bond donors (Lipinski definition) is 0. The zero-order valence-corrected chi connectivity index (χ0v) is 36.5. The van der Waals surface area contributed by atoms with Crippen LogP contribution in [0.3, 0.4) is 0 Å². The third kappa shape index (κ3) is 5.57. The summed E-state index contributed by atoms with van der Waals surface area (Å²) >= 11 is 0. The SMILES string of the molecule is c1ccc(-c2ccc(N(c3ccc4c(c3)-c3ccccc3Oc3ccccc3-4)c3ccc4c(c3)C3(c5ccccc5-c5ccccc5-4)c4ccccc4-c4cc5ccccc5cc43)cc2)cc1. The number of hydrogen-bond acceptors (Lipinski definition) is 2. The molecule has 11 aromatic rings. The van der Waals surface area contributed by atoms with E-state index >= 15 is 0 Å². The van der Waals surface area contributed by atoms with E-state index in [9.17, 15) is 0 Å². The molecule has 1 unspecified atom stereocenters. The lowest BCUT2D eigenvalue weighted by atomic mass is 9.65. The van der Waals surface area contributed by atoms with Crippen molar-refractivity contribution in [3.63, 3.8) is 0 Å². The highest BCUT2D eigenvalue weighted by molar-refractivity contribution is 6.02. The van der Waals surface area contributed by atoms with Gasteiger partial charge >= 0.3 is 0 Å². The van der Waals surface area contributed by atoms with Gasteiger partial charge in [-0.25, -0.2) is 0 Å². The molecule has 0 fully saturated rings. The van der Waals surface area contributed by atoms with Crippen LogP contribution in [0.1, 0.15) is 22.3 Å². The van der Waals surface area contributed by atoms with Gasteiger partial charge in [0.1, 0.15) is 11.5 Å². The van der Waals surface area contributed by atoms with Crippen LogP contribution < -0.4 is 9.64 Å². The molecule has 0 amide bonds. The topological polar surface area (TPSA) is 12.5 Å². The first kappa shape index (κ1) is 37.6. The summed E-state index contributed by atoms with van der Waals surface area (Å²) in [5.74, 6) is 1.70. The van der Waals surface area contributed by atoms with Gasteiger partial charge in [-0.1, -0.05) is 188 Å². The largest absolute Gasteiger partial charge is 0.456 e. The summed E-state index contributed by atoms with van der Waals surface area (Å²) < 4.78 is 6.67. The molecular formula is C65H41NO. The van der Waals surface area contributed by atoms with Crippen molar-refractivity contribution in [1.29, 1.82) is 0 Å². The molecule has 0 saturated heterocycles. The van der Waals surface area contributed by atoms with E-state index in [0.29, 0.717) is 0 Å². The lowest BCUT2D eigenvalue weighted by Gasteiger charge is -2.36. The first-order chi connectivity index (χ1) is 33.2. The second-order valence-electron chi connectivity index (χ2n) is 17.9. The minimum absolute atomic E-state index is 0.645. The van der Waals surface area contributed by atoms with Gasteiger partial charge in [-0.15, -0.1) is 0 Å². The number of fused-ring (bicyclic) bond motifs is 18. The Balaban J connectivity index is 1.07. The second kappa shape index (κ2) is 14.7. The van der Waals surface area contributed by atoms with E-state index < -0.39 is 5.41 Å². The van der Waals surface area contributed by atoms with Crippen LogP contribution >= 0.6 is 0 Å². The summed E-state index contributed by atoms with van der Waals surface area (Å²) in [5.41, 5.74) is 22.0. The van der Waals surface area contributed by atoms with Crippen molar-refractivity contribution in [3.05, 3.63) is 271 Å². The van der Waals surface area contributed by atoms with Crippen molar-refractivity contribution in [1.82, 2.24) is 0 Å². The number of benzene rings is 11. The first-order valence-electron chi connectivity index (χ1n) is 23.2. The molecule has 11 aromatic carbocycles. The summed E-state index contributed by atoms with van der Waals surface area (Å²) in [7, 11) is 0. The highest BCUT2D eigenvalue weighted by Crippen LogP contribution is 2.62. The Morgan fingerprint density at radius 3 is 1.36 bits per heavy atom. The molecule has 2 aliphatic carbocycles. The number of rotatable bonds is 4. The van der Waals surface area contributed by atoms with E-state index in [1.807, 2.05) is 6.07 Å². The summed E-state index contributed by atoms with van der Waals surface area (Å²) in [4.78, 5) is 2.45. The molecule has 2 nitrogen and oxygen atoms in total. The highest BCUT2D eigenvalue weighted by atomic mass is 16.5. The highest BCUT2D eigenvalue weighted by Gasteiger charge is 2.50. The van der Waals surface area contributed by atoms with E-state index in [1.54, 1.807) is 0 Å². The van der Waals surface area contributed by atoms with Gasteiger partial charge in [-0.3, -0.25) is 0 Å². The molecule has 1 spiro atoms. The van der Waals surface area contributed by atoms with Gasteiger partial charge in [0.05, 0.1) is 5.41 Å². The maximum Gasteiger partial charge on any atom is 0.135 e. The van der Waals surface area contributed by atoms with Gasteiger partial charge in [0.15, 0.2) is 0 Å². The molecule has 14 rings (SSSR count). The monoisotopic (exact) mass is 851 g/mol. The molecule has 67 heavy (non-hydrogen) atoms. The first-order valence-corrected chi connectivity index (χ1v) is 23.2. The average Bonchev–Trinajstić information content (AvgIpc) is 3.52. The molecule has 0 saturated carbocycles. The van der Waals surface area contributed by atoms with Gasteiger partial charge in [0.25, 0.3) is 0 Å². The van der Waals surface area contributed by atoms with Crippen molar-refractivity contribution in [2.24, 2.45) is 0 Å². The molecule has 3 aliphatic rings. The van der Waals surface area contributed by atoms with Crippen LogP contribution in [-0.2, 0) is 5.41 Å². The minimum atomic E-state index is -0.645. The number of para-hydroxylation sites is 2. The molecule has 1 atom stereocenters. The van der Waals surface area contributed by atoms with E-state index in [-0.39, 0.29) is 0 Å². The standard InChI is InChI=1S/C65H41NO/c1-2-16-42(17-3-1)43-30-32-46(33-31-43)66(47-34-36-51-55-24-10-14-28-63(55)67-64-29-15-11-25-56(64)57(51)40-47)48-35-37-54-50-21-7-6-20-49(50)52-22-8-12-26-59(52)65(62(54)41-48)60-27-13-9-23-53(60)58-38-44-18-4-5-19-45(44)39-61(58)65/h1-41H. The minimum Gasteiger partial charge on any atom is -0.456 e. The zero-order valence-electron chi connectivity index (χ0n) is 36.5. The molecular weight excluding hydrogens is 811 g/mol. The van der Waals surface area contributed by atoms with Crippen molar-refractivity contribution in [2.75, 3.05) is 4.90 Å². The molecule has 0 bridgehead atoms. The Bertz CT molecular complexity index is 3790. The summed E-state index contributed by atoms with van der Waals surface area (Å²) in [6.45, 7) is 0. The van der Waals surface area contributed by atoms with E-state index in [2.05, 4.69) is 248 Å². The van der Waals surface area contributed by atoms with Gasteiger partial charge in [0, 0.05) is 28.2 Å². The Kier molecular flexibility index (Phi) is 8.23. The molecule has 0 aromatic heterocycles. The Hall–Kier alpha value is -8.72. The molecule has 0 radical (unpaired) electrons. The number of ether oxygens (including phenoxy) is 1. The van der Waals surface area contributed by atoms with Crippen LogP contribution in [-0.4, -0.2) is 0 Å². The predicted octanol–water partition coefficient (Wildman–Crippen LogP) is 17.4. The molecule has 2 heteroatoms. The molecule has 1 aliphatic heterocycles. The quantitative estimate of drug-likeness (QED) is 0.175. The smallest absolute Gasteiger partial charge is 0.135 e. The molecule has 1 heterocycles. The van der Waals surface area contributed by atoms with Crippen LogP contribution in [0.5, 0.6) is 11.5 Å². The number of nitrogens with zero attached hydrogens (tertiary/aromatic N) is 1. The third-order valence-electron chi connectivity index (χ3n) is 14.5. The lowest BCUT2D eigenvalue weighted by molar-refractivity contribution is 0.488. The van der Waals surface area contributed by atoms with Gasteiger partial charge in [0.2, 0.25) is 0 Å². The van der Waals surface area contributed by atoms with E-state index in [0.717, 1.165) is 50.8 Å². The molecule has 0 N–H and O–H groups in total. The van der Waals surface area contributed by atoms with Gasteiger partial charge < -0.3 is 9.64 Å². The maximum atomic E-state index is 6.67. The van der Waals surface area contributed by atoms with E-state index in [1.165, 1.54) is 77.5 Å². The van der Waals surface area contributed by atoms with Gasteiger partial charge in [-0.05, 0) is 149 Å². The average molecular weight is 852 g/mol. The zero-order chi connectivity index (χ0) is 44.1. The van der Waals surface area contributed by atoms with Crippen LogP contribution in [0.4, 0.5) is 17.1 Å². The van der Waals surface area contributed by atoms with Crippen molar-refractivity contribution >= 4 is 27.8 Å². The fourth-order valence-corrected chi connectivity index (χ4v) is 11.6. The molecule has 312 valence electrons. The summed E-state index contributed by atoms with van der Waals surface area (Å²) in [6.07, 6.45) is 0. The van der Waals surface area contributed by atoms with Crippen molar-refractivity contribution in [2.45, 2.75) is 5.41 Å². The fourth-order valence-electron chi connectivity index (χ4n) is 11.6. The van der Waals surface area contributed by atoms with Crippen LogP contribution in [0.15, 0.2) is 249 Å². The predicted molar refractivity (Wildman–Crippen MR) is 277 cm³/mol. The third-order valence-corrected chi connectivity index (χ3v) is 14.5. The maximum absolute atomic E-state index is 6.67. The summed E-state index contributed by atoms with van der Waals surface area (Å²) in [5, 5.41) is 2.48. The Labute approximate surface area is 390 Å².